The number of fused-ring (bicyclic) bond motifs is 1. The van der Waals surface area contributed by atoms with E-state index in [1.165, 1.54) is 0 Å². The van der Waals surface area contributed by atoms with Crippen molar-refractivity contribution in [1.29, 1.82) is 0 Å². The molecule has 2 saturated heterocycles. The highest BCUT2D eigenvalue weighted by Crippen LogP contribution is 2.39. The van der Waals surface area contributed by atoms with Crippen molar-refractivity contribution in [2.24, 2.45) is 0 Å². The largest absolute Gasteiger partial charge is 0.523 e. The Bertz CT molecular complexity index is 1330. The van der Waals surface area contributed by atoms with Crippen molar-refractivity contribution in [3.63, 3.8) is 0 Å². The minimum atomic E-state index is -6.04. The smallest absolute Gasteiger partial charge is 0.368 e. The SMILES string of the molecule is O=S(=O)(O[C@@H]1O[C@@H]2COC(c3ccccc3)O[C@H]2[C@H](OCc2ccccc2)[C@H]1OCc1ccccc1)C(F)(F)F. The molecule has 5 rings (SSSR count). The summed E-state index contributed by atoms with van der Waals surface area (Å²) in [6.07, 6.45) is -7.22. The van der Waals surface area contributed by atoms with Gasteiger partial charge in [0.25, 0.3) is 0 Å². The van der Waals surface area contributed by atoms with Crippen LogP contribution >= 0.6 is 0 Å². The molecule has 3 aromatic rings. The molecule has 0 aromatic heterocycles. The topological polar surface area (TPSA) is 89.5 Å². The van der Waals surface area contributed by atoms with Crippen LogP contribution < -0.4 is 0 Å². The molecule has 12 heteroatoms. The Kier molecular flexibility index (Phi) is 8.86. The first-order chi connectivity index (χ1) is 19.2. The maximum atomic E-state index is 13.3. The average Bonchev–Trinajstić information content (AvgIpc) is 2.95. The second-order valence-electron chi connectivity index (χ2n) is 9.24. The van der Waals surface area contributed by atoms with Gasteiger partial charge in [-0.2, -0.15) is 21.6 Å². The van der Waals surface area contributed by atoms with Gasteiger partial charge in [-0.25, -0.2) is 4.18 Å². The van der Waals surface area contributed by atoms with Crippen LogP contribution in [-0.4, -0.2) is 51.2 Å². The van der Waals surface area contributed by atoms with Gasteiger partial charge < -0.3 is 23.7 Å². The van der Waals surface area contributed by atoms with Crippen molar-refractivity contribution in [2.45, 2.75) is 55.7 Å². The van der Waals surface area contributed by atoms with Gasteiger partial charge in [0, 0.05) is 5.56 Å². The summed E-state index contributed by atoms with van der Waals surface area (Å²) in [5.74, 6) is 0. The van der Waals surface area contributed by atoms with Crippen LogP contribution in [0.4, 0.5) is 13.2 Å². The molecule has 8 nitrogen and oxygen atoms in total. The van der Waals surface area contributed by atoms with E-state index in [-0.39, 0.29) is 19.8 Å². The zero-order valence-corrected chi connectivity index (χ0v) is 21.9. The molecule has 1 unspecified atom stereocenters. The number of hydrogen-bond acceptors (Lipinski definition) is 8. The summed E-state index contributed by atoms with van der Waals surface area (Å²) in [7, 11) is -6.04. The normalized spacial score (nSPS) is 27.2. The number of alkyl halides is 3. The Morgan fingerprint density at radius 1 is 0.750 bits per heavy atom. The molecule has 0 aliphatic carbocycles. The van der Waals surface area contributed by atoms with Crippen LogP contribution in [0.1, 0.15) is 23.0 Å². The summed E-state index contributed by atoms with van der Waals surface area (Å²) in [5, 5.41) is 0. The third-order valence-electron chi connectivity index (χ3n) is 6.43. The molecule has 2 aliphatic heterocycles. The lowest BCUT2D eigenvalue weighted by atomic mass is 9.97. The van der Waals surface area contributed by atoms with Crippen LogP contribution in [0.25, 0.3) is 0 Å². The van der Waals surface area contributed by atoms with E-state index < -0.39 is 52.6 Å². The molecule has 2 heterocycles. The van der Waals surface area contributed by atoms with Crippen molar-refractivity contribution >= 4 is 10.1 Å². The molecule has 2 fully saturated rings. The summed E-state index contributed by atoms with van der Waals surface area (Å²) >= 11 is 0. The highest BCUT2D eigenvalue weighted by molar-refractivity contribution is 7.87. The summed E-state index contributed by atoms with van der Waals surface area (Å²) in [6, 6.07) is 27.0. The molecule has 214 valence electrons. The minimum absolute atomic E-state index is 0.0406. The molecule has 2 aliphatic rings. The Balaban J connectivity index is 1.47. The summed E-state index contributed by atoms with van der Waals surface area (Å²) in [4.78, 5) is 0. The quantitative estimate of drug-likeness (QED) is 0.262. The zero-order valence-electron chi connectivity index (χ0n) is 21.1. The highest BCUT2D eigenvalue weighted by atomic mass is 32.2. The van der Waals surface area contributed by atoms with Crippen LogP contribution in [-0.2, 0) is 51.2 Å². The van der Waals surface area contributed by atoms with Gasteiger partial charge in [-0.15, -0.1) is 0 Å². The molecule has 0 saturated carbocycles. The Morgan fingerprint density at radius 2 is 1.27 bits per heavy atom. The zero-order chi connectivity index (χ0) is 28.2. The van der Waals surface area contributed by atoms with Crippen LogP contribution in [0.3, 0.4) is 0 Å². The molecule has 3 aromatic carbocycles. The van der Waals surface area contributed by atoms with E-state index in [0.29, 0.717) is 11.1 Å². The third-order valence-corrected chi connectivity index (χ3v) is 7.44. The molecule has 0 radical (unpaired) electrons. The first kappa shape index (κ1) is 28.7. The van der Waals surface area contributed by atoms with E-state index in [9.17, 15) is 21.6 Å². The predicted molar refractivity (Wildman–Crippen MR) is 135 cm³/mol. The molecular formula is C28H27F3O8S. The monoisotopic (exact) mass is 580 g/mol. The van der Waals surface area contributed by atoms with E-state index in [0.717, 1.165) is 5.56 Å². The van der Waals surface area contributed by atoms with Crippen LogP contribution in [0.15, 0.2) is 91.0 Å². The lowest BCUT2D eigenvalue weighted by molar-refractivity contribution is -0.361. The molecule has 6 atom stereocenters. The van der Waals surface area contributed by atoms with Crippen molar-refractivity contribution < 1.29 is 49.5 Å². The predicted octanol–water partition coefficient (Wildman–Crippen LogP) is 4.86. The van der Waals surface area contributed by atoms with Crippen LogP contribution in [0, 0.1) is 0 Å². The Morgan fingerprint density at radius 3 is 1.82 bits per heavy atom. The van der Waals surface area contributed by atoms with Crippen LogP contribution in [0.5, 0.6) is 0 Å². The summed E-state index contributed by atoms with van der Waals surface area (Å²) < 4.78 is 98.6. The summed E-state index contributed by atoms with van der Waals surface area (Å²) in [5.41, 5.74) is -3.49. The van der Waals surface area contributed by atoms with Gasteiger partial charge in [0.15, 0.2) is 6.29 Å². The number of hydrogen-bond donors (Lipinski definition) is 0. The third kappa shape index (κ3) is 6.72. The van der Waals surface area contributed by atoms with Crippen molar-refractivity contribution in [1.82, 2.24) is 0 Å². The van der Waals surface area contributed by atoms with Gasteiger partial charge in [0.2, 0.25) is 6.29 Å². The maximum absolute atomic E-state index is 13.3. The van der Waals surface area contributed by atoms with Gasteiger partial charge in [0.1, 0.15) is 24.4 Å². The summed E-state index contributed by atoms with van der Waals surface area (Å²) in [6.45, 7) is -0.159. The molecule has 0 spiro atoms. The second kappa shape index (κ2) is 12.4. The number of benzene rings is 3. The van der Waals surface area contributed by atoms with Crippen molar-refractivity contribution in [2.75, 3.05) is 6.61 Å². The molecule has 0 N–H and O–H groups in total. The fraction of sp³-hybridized carbons (Fsp3) is 0.357. The number of ether oxygens (including phenoxy) is 5. The number of halogens is 3. The second-order valence-corrected chi connectivity index (χ2v) is 10.8. The Labute approximate surface area is 229 Å². The standard InChI is InChI=1S/C28H27F3O8S/c29-28(30,31)40(32,33)39-27-25(35-17-20-12-6-2-7-13-20)24(34-16-19-10-4-1-5-11-19)23-22(37-27)18-36-26(38-23)21-14-8-3-9-15-21/h1-15,22-27H,16-18H2/t22-,23-,24+,25-,26?,27+/m1/s1. The fourth-order valence-electron chi connectivity index (χ4n) is 4.48. The van der Waals surface area contributed by atoms with Gasteiger partial charge in [-0.1, -0.05) is 91.0 Å². The van der Waals surface area contributed by atoms with Crippen molar-refractivity contribution in [3.8, 4) is 0 Å². The molecule has 0 bridgehead atoms. The highest BCUT2D eigenvalue weighted by Gasteiger charge is 2.56. The first-order valence-electron chi connectivity index (χ1n) is 12.5. The maximum Gasteiger partial charge on any atom is 0.523 e. The van der Waals surface area contributed by atoms with Gasteiger partial charge >= 0.3 is 15.6 Å². The van der Waals surface area contributed by atoms with E-state index in [1.807, 2.05) is 48.5 Å². The molecule has 0 amide bonds. The lowest BCUT2D eigenvalue weighted by Crippen LogP contribution is -2.64. The number of rotatable bonds is 9. The molecule has 40 heavy (non-hydrogen) atoms. The van der Waals surface area contributed by atoms with Gasteiger partial charge in [0.05, 0.1) is 19.8 Å². The van der Waals surface area contributed by atoms with Crippen LogP contribution in [0.2, 0.25) is 0 Å². The fourth-order valence-corrected chi connectivity index (χ4v) is 5.00. The first-order valence-corrected chi connectivity index (χ1v) is 13.9. The molecular weight excluding hydrogens is 553 g/mol. The van der Waals surface area contributed by atoms with E-state index in [4.69, 9.17) is 23.7 Å². The lowest BCUT2D eigenvalue weighted by Gasteiger charge is -2.48. The van der Waals surface area contributed by atoms with Gasteiger partial charge in [-0.3, -0.25) is 0 Å². The van der Waals surface area contributed by atoms with E-state index >= 15 is 0 Å². The average molecular weight is 581 g/mol. The van der Waals surface area contributed by atoms with Crippen molar-refractivity contribution in [3.05, 3.63) is 108 Å². The van der Waals surface area contributed by atoms with E-state index in [1.54, 1.807) is 42.5 Å². The van der Waals surface area contributed by atoms with E-state index in [2.05, 4.69) is 4.18 Å². The van der Waals surface area contributed by atoms with Gasteiger partial charge in [-0.05, 0) is 11.1 Å². The Hall–Kier alpha value is -2.84. The minimum Gasteiger partial charge on any atom is -0.368 e.